The molecule has 2 aromatic carbocycles. The first-order valence-electron chi connectivity index (χ1n) is 9.56. The Hall–Kier alpha value is -3.28. The van der Waals surface area contributed by atoms with Crippen LogP contribution in [0.15, 0.2) is 59.6 Å². The monoisotopic (exact) mass is 373 g/mol. The van der Waals surface area contributed by atoms with Crippen molar-refractivity contribution in [3.63, 3.8) is 0 Å². The maximum absolute atomic E-state index is 12.9. The van der Waals surface area contributed by atoms with E-state index in [2.05, 4.69) is 51.6 Å². The highest BCUT2D eigenvalue weighted by molar-refractivity contribution is 6.07. The summed E-state index contributed by atoms with van der Waals surface area (Å²) in [5, 5.41) is 7.54. The topological polar surface area (TPSA) is 72.2 Å². The van der Waals surface area contributed by atoms with Crippen LogP contribution in [0.5, 0.6) is 0 Å². The zero-order valence-corrected chi connectivity index (χ0v) is 16.1. The average molecular weight is 373 g/mol. The largest absolute Gasteiger partial charge is 0.349 e. The van der Waals surface area contributed by atoms with Crippen LogP contribution in [0.1, 0.15) is 35.3 Å². The Morgan fingerprint density at radius 3 is 2.43 bits per heavy atom. The maximum atomic E-state index is 12.9. The fourth-order valence-corrected chi connectivity index (χ4v) is 3.32. The molecular formula is C22H23N5O. The molecule has 1 aromatic heterocycles. The molecule has 142 valence electrons. The van der Waals surface area contributed by atoms with E-state index < -0.39 is 0 Å². The third-order valence-corrected chi connectivity index (χ3v) is 5.04. The third-order valence-electron chi connectivity index (χ3n) is 5.04. The molecule has 0 radical (unpaired) electrons. The van der Waals surface area contributed by atoms with Gasteiger partial charge in [0.1, 0.15) is 0 Å². The van der Waals surface area contributed by atoms with Crippen LogP contribution < -0.4 is 5.32 Å². The van der Waals surface area contributed by atoms with Crippen LogP contribution in [0.3, 0.4) is 0 Å². The fraction of sp³-hybridized carbons (Fsp3) is 0.273. The Balaban J connectivity index is 1.48. The van der Waals surface area contributed by atoms with Gasteiger partial charge in [-0.1, -0.05) is 61.5 Å². The smallest absolute Gasteiger partial charge is 0.259 e. The third kappa shape index (κ3) is 3.71. The average Bonchev–Trinajstić information content (AvgIpc) is 3.14. The molecule has 1 atom stereocenters. The van der Waals surface area contributed by atoms with Crippen molar-refractivity contribution in [3.05, 3.63) is 71.3 Å². The second-order valence-electron chi connectivity index (χ2n) is 7.00. The van der Waals surface area contributed by atoms with Crippen LogP contribution in [-0.2, 0) is 19.4 Å². The van der Waals surface area contributed by atoms with Crippen molar-refractivity contribution in [2.24, 2.45) is 10.9 Å². The summed E-state index contributed by atoms with van der Waals surface area (Å²) in [6.45, 7) is 4.61. The Kier molecular flexibility index (Phi) is 5.02. The molecule has 0 amide bonds. The molecule has 0 fully saturated rings. The number of fused-ring (bicyclic) bond motifs is 1. The van der Waals surface area contributed by atoms with Gasteiger partial charge in [-0.3, -0.25) is 4.79 Å². The molecule has 0 bridgehead atoms. The predicted octanol–water partition coefficient (Wildman–Crippen LogP) is 4.06. The van der Waals surface area contributed by atoms with Gasteiger partial charge in [-0.25, -0.2) is 4.99 Å². The first-order chi connectivity index (χ1) is 13.6. The number of carbonyl (C=O) groups is 1. The second kappa shape index (κ2) is 7.76. The predicted molar refractivity (Wildman–Crippen MR) is 110 cm³/mol. The molecule has 4 rings (SSSR count). The van der Waals surface area contributed by atoms with Crippen molar-refractivity contribution < 1.29 is 4.79 Å². The van der Waals surface area contributed by atoms with Gasteiger partial charge in [0.15, 0.2) is 0 Å². The van der Waals surface area contributed by atoms with Gasteiger partial charge in [-0.15, -0.1) is 5.10 Å². The van der Waals surface area contributed by atoms with Gasteiger partial charge in [-0.2, -0.15) is 9.67 Å². The maximum Gasteiger partial charge on any atom is 0.259 e. The molecule has 1 aliphatic heterocycles. The summed E-state index contributed by atoms with van der Waals surface area (Å²) in [6, 6.07) is 18.4. The van der Waals surface area contributed by atoms with Gasteiger partial charge in [0.2, 0.25) is 5.95 Å². The van der Waals surface area contributed by atoms with Crippen LogP contribution in [0, 0.1) is 5.92 Å². The van der Waals surface area contributed by atoms with Gasteiger partial charge in [-0.05, 0) is 36.5 Å². The van der Waals surface area contributed by atoms with Crippen LogP contribution in [-0.4, -0.2) is 26.4 Å². The van der Waals surface area contributed by atoms with Crippen molar-refractivity contribution in [2.75, 3.05) is 5.32 Å². The number of hydrogen-bond acceptors (Lipinski definition) is 5. The number of rotatable bonds is 6. The van der Waals surface area contributed by atoms with E-state index in [-0.39, 0.29) is 11.8 Å². The first-order valence-corrected chi connectivity index (χ1v) is 9.56. The molecule has 1 unspecified atom stereocenters. The summed E-state index contributed by atoms with van der Waals surface area (Å²) in [6.07, 6.45) is 1.63. The van der Waals surface area contributed by atoms with E-state index in [9.17, 15) is 4.79 Å². The Morgan fingerprint density at radius 2 is 1.71 bits per heavy atom. The van der Waals surface area contributed by atoms with E-state index in [1.165, 1.54) is 10.2 Å². The van der Waals surface area contributed by atoms with Crippen LogP contribution in [0.4, 0.5) is 11.9 Å². The lowest BCUT2D eigenvalue weighted by molar-refractivity contribution is 0.0852. The molecule has 6 nitrogen and oxygen atoms in total. The Bertz CT molecular complexity index is 1010. The summed E-state index contributed by atoms with van der Waals surface area (Å²) in [7, 11) is 0. The zero-order chi connectivity index (χ0) is 19.5. The van der Waals surface area contributed by atoms with Crippen molar-refractivity contribution >= 4 is 23.5 Å². The van der Waals surface area contributed by atoms with Crippen molar-refractivity contribution in [1.29, 1.82) is 0 Å². The van der Waals surface area contributed by atoms with Gasteiger partial charge in [0, 0.05) is 12.3 Å². The SMILES string of the molecule is CCc1ccc(CNc2nc3n(n2)C(=O)C(Cc2ccccc2)C(C)=N3)cc1. The minimum Gasteiger partial charge on any atom is -0.349 e. The van der Waals surface area contributed by atoms with E-state index in [1.807, 2.05) is 37.3 Å². The van der Waals surface area contributed by atoms with E-state index in [0.717, 1.165) is 23.3 Å². The molecule has 0 saturated carbocycles. The number of hydrogen-bond donors (Lipinski definition) is 1. The number of aryl methyl sites for hydroxylation is 1. The van der Waals surface area contributed by atoms with Crippen LogP contribution in [0.2, 0.25) is 0 Å². The lowest BCUT2D eigenvalue weighted by atomic mass is 9.94. The zero-order valence-electron chi connectivity index (χ0n) is 16.1. The highest BCUT2D eigenvalue weighted by atomic mass is 16.2. The molecule has 1 N–H and O–H groups in total. The van der Waals surface area contributed by atoms with E-state index in [4.69, 9.17) is 0 Å². The summed E-state index contributed by atoms with van der Waals surface area (Å²) in [5.74, 6) is 0.362. The highest BCUT2D eigenvalue weighted by Crippen LogP contribution is 2.24. The molecular weight excluding hydrogens is 350 g/mol. The standard InChI is InChI=1S/C22H23N5O/c1-3-16-9-11-18(12-10-16)14-23-21-25-22-24-15(2)19(20(28)27(22)26-21)13-17-7-5-4-6-8-17/h4-12,19H,3,13-14H2,1-2H3,(H,23,26). The van der Waals surface area contributed by atoms with Gasteiger partial charge in [0.25, 0.3) is 11.9 Å². The highest BCUT2D eigenvalue weighted by Gasteiger charge is 2.31. The minimum atomic E-state index is -0.314. The van der Waals surface area contributed by atoms with E-state index in [1.54, 1.807) is 0 Å². The summed E-state index contributed by atoms with van der Waals surface area (Å²) >= 11 is 0. The Morgan fingerprint density at radius 1 is 1.00 bits per heavy atom. The van der Waals surface area contributed by atoms with Crippen molar-refractivity contribution in [1.82, 2.24) is 14.8 Å². The first kappa shape index (κ1) is 18.1. The number of carbonyl (C=O) groups excluding carboxylic acids is 1. The molecule has 3 aromatic rings. The van der Waals surface area contributed by atoms with Gasteiger partial charge in [0.05, 0.1) is 5.92 Å². The quantitative estimate of drug-likeness (QED) is 0.707. The summed E-state index contributed by atoms with van der Waals surface area (Å²) in [5.41, 5.74) is 4.32. The van der Waals surface area contributed by atoms with Crippen LogP contribution in [0.25, 0.3) is 0 Å². The molecule has 28 heavy (non-hydrogen) atoms. The summed E-state index contributed by atoms with van der Waals surface area (Å²) < 4.78 is 1.32. The fourth-order valence-electron chi connectivity index (χ4n) is 3.32. The van der Waals surface area contributed by atoms with E-state index in [0.29, 0.717) is 24.9 Å². The molecule has 6 heteroatoms. The molecule has 0 spiro atoms. The minimum absolute atomic E-state index is 0.0841. The molecule has 1 aliphatic rings. The van der Waals surface area contributed by atoms with Gasteiger partial charge < -0.3 is 5.32 Å². The van der Waals surface area contributed by atoms with Gasteiger partial charge >= 0.3 is 0 Å². The lowest BCUT2D eigenvalue weighted by Gasteiger charge is -2.19. The molecule has 0 aliphatic carbocycles. The number of anilines is 1. The van der Waals surface area contributed by atoms with Crippen molar-refractivity contribution in [2.45, 2.75) is 33.2 Å². The normalized spacial score (nSPS) is 15.9. The Labute approximate surface area is 164 Å². The van der Waals surface area contributed by atoms with Crippen LogP contribution >= 0.6 is 0 Å². The molecule has 2 heterocycles. The number of nitrogens with zero attached hydrogens (tertiary/aromatic N) is 4. The number of aromatic nitrogens is 3. The number of aliphatic imine (C=N–C) groups is 1. The molecule has 0 saturated heterocycles. The van der Waals surface area contributed by atoms with Crippen molar-refractivity contribution in [3.8, 4) is 0 Å². The van der Waals surface area contributed by atoms with E-state index >= 15 is 0 Å². The number of nitrogens with one attached hydrogen (secondary N) is 1. The second-order valence-corrected chi connectivity index (χ2v) is 7.00. The summed E-state index contributed by atoms with van der Waals surface area (Å²) in [4.78, 5) is 21.8. The lowest BCUT2D eigenvalue weighted by Crippen LogP contribution is -2.33. The number of benzene rings is 2.